The molecule has 2 heterocycles. The van der Waals surface area contributed by atoms with Gasteiger partial charge < -0.3 is 4.74 Å². The average molecular weight is 313 g/mol. The summed E-state index contributed by atoms with van der Waals surface area (Å²) in [5, 5.41) is 9.14. The molecule has 0 aliphatic rings. The van der Waals surface area contributed by atoms with Crippen molar-refractivity contribution in [3.8, 4) is 17.3 Å². The number of benzene rings is 1. The van der Waals surface area contributed by atoms with E-state index in [0.717, 1.165) is 0 Å². The molecule has 0 radical (unpaired) electrons. The quantitative estimate of drug-likeness (QED) is 0.770. The van der Waals surface area contributed by atoms with Crippen molar-refractivity contribution in [3.05, 3.63) is 54.0 Å². The van der Waals surface area contributed by atoms with Crippen molar-refractivity contribution < 1.29 is 13.9 Å². The Morgan fingerprint density at radius 3 is 2.65 bits per heavy atom. The Labute approximate surface area is 130 Å². The molecule has 8 heteroatoms. The number of rotatable bonds is 4. The number of halogens is 1. The smallest absolute Gasteiger partial charge is 0.259 e. The summed E-state index contributed by atoms with van der Waals surface area (Å²) >= 11 is 0. The van der Waals surface area contributed by atoms with Crippen LogP contribution in [-0.4, -0.2) is 33.2 Å². The SMILES string of the molecule is COc1ccc(C(=O)Nc2n[nH]c(-c3ccc(F)cc3)n2)cn1. The van der Waals surface area contributed by atoms with Gasteiger partial charge in [-0.05, 0) is 30.3 Å². The third-order valence-corrected chi connectivity index (χ3v) is 3.04. The van der Waals surface area contributed by atoms with Gasteiger partial charge in [-0.3, -0.25) is 15.2 Å². The summed E-state index contributed by atoms with van der Waals surface area (Å²) in [5.74, 6) is 0.218. The van der Waals surface area contributed by atoms with Crippen LogP contribution in [0.3, 0.4) is 0 Å². The third-order valence-electron chi connectivity index (χ3n) is 3.04. The summed E-state index contributed by atoms with van der Waals surface area (Å²) in [4.78, 5) is 20.2. The Kier molecular flexibility index (Phi) is 3.96. The summed E-state index contributed by atoms with van der Waals surface area (Å²) in [6, 6.07) is 8.92. The average Bonchev–Trinajstić information content (AvgIpc) is 3.04. The lowest BCUT2D eigenvalue weighted by Crippen LogP contribution is -2.13. The fraction of sp³-hybridized carbons (Fsp3) is 0.0667. The molecule has 0 saturated heterocycles. The van der Waals surface area contributed by atoms with Crippen LogP contribution in [0.25, 0.3) is 11.4 Å². The summed E-state index contributed by atoms with van der Waals surface area (Å²) < 4.78 is 17.8. The van der Waals surface area contributed by atoms with Gasteiger partial charge in [-0.1, -0.05) is 0 Å². The Morgan fingerprint density at radius 1 is 1.22 bits per heavy atom. The van der Waals surface area contributed by atoms with Gasteiger partial charge >= 0.3 is 0 Å². The number of nitrogens with one attached hydrogen (secondary N) is 2. The lowest BCUT2D eigenvalue weighted by molar-refractivity contribution is 0.102. The van der Waals surface area contributed by atoms with Crippen LogP contribution >= 0.6 is 0 Å². The van der Waals surface area contributed by atoms with E-state index in [-0.39, 0.29) is 11.8 Å². The second kappa shape index (κ2) is 6.22. The minimum absolute atomic E-state index is 0.116. The van der Waals surface area contributed by atoms with Gasteiger partial charge in [-0.2, -0.15) is 4.98 Å². The van der Waals surface area contributed by atoms with Crippen molar-refractivity contribution in [3.63, 3.8) is 0 Å². The molecule has 2 N–H and O–H groups in total. The molecule has 0 atom stereocenters. The Morgan fingerprint density at radius 2 is 2.00 bits per heavy atom. The van der Waals surface area contributed by atoms with Gasteiger partial charge in [0.15, 0.2) is 5.82 Å². The number of ether oxygens (including phenoxy) is 1. The topological polar surface area (TPSA) is 92.8 Å². The van der Waals surface area contributed by atoms with Crippen LogP contribution in [0.1, 0.15) is 10.4 Å². The first-order chi connectivity index (χ1) is 11.2. The zero-order chi connectivity index (χ0) is 16.2. The van der Waals surface area contributed by atoms with Gasteiger partial charge in [0.2, 0.25) is 11.8 Å². The van der Waals surface area contributed by atoms with Gasteiger partial charge in [-0.25, -0.2) is 9.37 Å². The fourth-order valence-electron chi connectivity index (χ4n) is 1.86. The highest BCUT2D eigenvalue weighted by Gasteiger charge is 2.11. The highest BCUT2D eigenvalue weighted by Crippen LogP contribution is 2.16. The predicted molar refractivity (Wildman–Crippen MR) is 80.5 cm³/mol. The monoisotopic (exact) mass is 313 g/mol. The minimum Gasteiger partial charge on any atom is -0.481 e. The number of carbonyl (C=O) groups excluding carboxylic acids is 1. The number of hydrogen-bond acceptors (Lipinski definition) is 5. The normalized spacial score (nSPS) is 10.3. The maximum Gasteiger partial charge on any atom is 0.259 e. The molecule has 0 aliphatic carbocycles. The van der Waals surface area contributed by atoms with Crippen molar-refractivity contribution in [2.75, 3.05) is 12.4 Å². The zero-order valence-corrected chi connectivity index (χ0v) is 12.1. The van der Waals surface area contributed by atoms with Crippen LogP contribution < -0.4 is 10.1 Å². The lowest BCUT2D eigenvalue weighted by atomic mass is 10.2. The highest BCUT2D eigenvalue weighted by molar-refractivity contribution is 6.03. The standard InChI is InChI=1S/C15H12FN5O2/c1-23-12-7-4-10(8-17-12)14(22)19-15-18-13(20-21-15)9-2-5-11(16)6-3-9/h2-8H,1H3,(H2,18,19,20,21,22). The number of aromatic nitrogens is 4. The molecule has 23 heavy (non-hydrogen) atoms. The van der Waals surface area contributed by atoms with E-state index in [9.17, 15) is 9.18 Å². The predicted octanol–water partition coefficient (Wildman–Crippen LogP) is 2.27. The molecule has 0 unspecified atom stereocenters. The molecular formula is C15H12FN5O2. The summed E-state index contributed by atoms with van der Waals surface area (Å²) in [6.45, 7) is 0. The van der Waals surface area contributed by atoms with Gasteiger partial charge in [0.1, 0.15) is 5.82 Å². The molecule has 0 aliphatic heterocycles. The number of amides is 1. The molecule has 0 saturated carbocycles. The van der Waals surface area contributed by atoms with Crippen LogP contribution in [0, 0.1) is 5.82 Å². The number of nitrogens with zero attached hydrogens (tertiary/aromatic N) is 3. The van der Waals surface area contributed by atoms with Gasteiger partial charge in [-0.15, -0.1) is 5.10 Å². The van der Waals surface area contributed by atoms with Crippen LogP contribution in [0.2, 0.25) is 0 Å². The highest BCUT2D eigenvalue weighted by atomic mass is 19.1. The molecular weight excluding hydrogens is 301 g/mol. The van der Waals surface area contributed by atoms with E-state index in [4.69, 9.17) is 4.74 Å². The molecule has 116 valence electrons. The van der Waals surface area contributed by atoms with Gasteiger partial charge in [0.25, 0.3) is 5.91 Å². The second-order valence-corrected chi connectivity index (χ2v) is 4.56. The van der Waals surface area contributed by atoms with Crippen LogP contribution in [0.4, 0.5) is 10.3 Å². The van der Waals surface area contributed by atoms with E-state index in [2.05, 4.69) is 25.5 Å². The lowest BCUT2D eigenvalue weighted by Gasteiger charge is -2.01. The first-order valence-corrected chi connectivity index (χ1v) is 6.65. The molecule has 2 aromatic heterocycles. The van der Waals surface area contributed by atoms with Crippen LogP contribution in [0.15, 0.2) is 42.6 Å². The summed E-state index contributed by atoms with van der Waals surface area (Å²) in [6.07, 6.45) is 1.39. The molecule has 3 rings (SSSR count). The van der Waals surface area contributed by atoms with Crippen molar-refractivity contribution in [1.29, 1.82) is 0 Å². The van der Waals surface area contributed by atoms with Crippen LogP contribution in [0.5, 0.6) is 5.88 Å². The Hall–Kier alpha value is -3.29. The van der Waals surface area contributed by atoms with E-state index in [1.807, 2.05) is 0 Å². The molecule has 1 amide bonds. The molecule has 0 bridgehead atoms. The maximum atomic E-state index is 12.9. The number of hydrogen-bond donors (Lipinski definition) is 2. The maximum absolute atomic E-state index is 12.9. The molecule has 3 aromatic rings. The number of anilines is 1. The van der Waals surface area contributed by atoms with Crippen molar-refractivity contribution >= 4 is 11.9 Å². The first-order valence-electron chi connectivity index (χ1n) is 6.65. The molecule has 7 nitrogen and oxygen atoms in total. The van der Waals surface area contributed by atoms with Crippen molar-refractivity contribution in [2.24, 2.45) is 0 Å². The number of pyridine rings is 1. The Bertz CT molecular complexity index is 815. The Balaban J connectivity index is 1.73. The fourth-order valence-corrected chi connectivity index (χ4v) is 1.86. The summed E-state index contributed by atoms with van der Waals surface area (Å²) in [7, 11) is 1.49. The number of methoxy groups -OCH3 is 1. The van der Waals surface area contributed by atoms with E-state index in [1.165, 1.54) is 25.4 Å². The zero-order valence-electron chi connectivity index (χ0n) is 12.1. The first kappa shape index (κ1) is 14.6. The van der Waals surface area contributed by atoms with Crippen LogP contribution in [-0.2, 0) is 0 Å². The van der Waals surface area contributed by atoms with E-state index in [1.54, 1.807) is 24.3 Å². The number of carbonyl (C=O) groups is 1. The second-order valence-electron chi connectivity index (χ2n) is 4.56. The third kappa shape index (κ3) is 3.31. The molecule has 0 spiro atoms. The minimum atomic E-state index is -0.398. The van der Waals surface area contributed by atoms with E-state index >= 15 is 0 Å². The van der Waals surface area contributed by atoms with E-state index in [0.29, 0.717) is 22.8 Å². The van der Waals surface area contributed by atoms with Crippen molar-refractivity contribution in [1.82, 2.24) is 20.2 Å². The van der Waals surface area contributed by atoms with E-state index < -0.39 is 5.91 Å². The molecule has 1 aromatic carbocycles. The van der Waals surface area contributed by atoms with Gasteiger partial charge in [0.05, 0.1) is 12.7 Å². The van der Waals surface area contributed by atoms with Gasteiger partial charge in [0, 0.05) is 17.8 Å². The number of H-pyrrole nitrogens is 1. The molecule has 0 fully saturated rings. The summed E-state index contributed by atoms with van der Waals surface area (Å²) in [5.41, 5.74) is 1.00. The largest absolute Gasteiger partial charge is 0.481 e. The van der Waals surface area contributed by atoms with Crippen molar-refractivity contribution in [2.45, 2.75) is 0 Å². The number of aromatic amines is 1.